The van der Waals surface area contributed by atoms with Gasteiger partial charge in [-0.15, -0.1) is 10.2 Å². The van der Waals surface area contributed by atoms with Gasteiger partial charge in [-0.1, -0.05) is 12.1 Å². The zero-order valence-electron chi connectivity index (χ0n) is 9.33. The average Bonchev–Trinajstić information content (AvgIpc) is 2.72. The number of para-hydroxylation sites is 1. The first-order valence-electron chi connectivity index (χ1n) is 5.29. The summed E-state index contributed by atoms with van der Waals surface area (Å²) in [5.74, 6) is 0.668. The fourth-order valence-corrected chi connectivity index (χ4v) is 1.75. The first-order valence-corrected chi connectivity index (χ1v) is 5.29. The van der Waals surface area contributed by atoms with Crippen LogP contribution in [0.15, 0.2) is 36.4 Å². The normalized spacial score (nSPS) is 10.9. The number of benzene rings is 1. The van der Waals surface area contributed by atoms with Crippen molar-refractivity contribution in [1.29, 1.82) is 0 Å². The molecule has 0 bridgehead atoms. The molecule has 1 aromatic carbocycles. The van der Waals surface area contributed by atoms with Gasteiger partial charge in [0.2, 0.25) is 0 Å². The molecule has 0 aliphatic carbocycles. The van der Waals surface area contributed by atoms with E-state index in [9.17, 15) is 0 Å². The molecule has 0 fully saturated rings. The van der Waals surface area contributed by atoms with Gasteiger partial charge in [-0.3, -0.25) is 0 Å². The number of anilines is 1. The second-order valence-electron chi connectivity index (χ2n) is 3.86. The number of rotatable bonds is 1. The Morgan fingerprint density at radius 3 is 2.71 bits per heavy atom. The van der Waals surface area contributed by atoms with Crippen molar-refractivity contribution in [1.82, 2.24) is 19.8 Å². The molecule has 0 aliphatic rings. The Hall–Kier alpha value is -2.43. The van der Waals surface area contributed by atoms with E-state index >= 15 is 0 Å². The average molecular weight is 225 g/mol. The van der Waals surface area contributed by atoms with Gasteiger partial charge in [0.1, 0.15) is 0 Å². The van der Waals surface area contributed by atoms with Gasteiger partial charge in [0.15, 0.2) is 11.5 Å². The molecule has 0 atom stereocenters. The van der Waals surface area contributed by atoms with E-state index in [1.165, 1.54) is 0 Å². The van der Waals surface area contributed by atoms with E-state index in [4.69, 9.17) is 5.73 Å². The Kier molecular flexibility index (Phi) is 2.04. The minimum absolute atomic E-state index is 0.668. The van der Waals surface area contributed by atoms with Crippen LogP contribution in [0.2, 0.25) is 0 Å². The minimum Gasteiger partial charge on any atom is -0.398 e. The second kappa shape index (κ2) is 3.55. The molecule has 3 aromatic rings. The lowest BCUT2D eigenvalue weighted by Crippen LogP contribution is -1.98. The Balaban J connectivity index is 2.31. The molecule has 0 radical (unpaired) electrons. The Morgan fingerprint density at radius 1 is 1.06 bits per heavy atom. The van der Waals surface area contributed by atoms with E-state index < -0.39 is 0 Å². The summed E-state index contributed by atoms with van der Waals surface area (Å²) in [6.45, 7) is 1.93. The number of hydrogen-bond donors (Lipinski definition) is 1. The molecule has 2 heterocycles. The van der Waals surface area contributed by atoms with Crippen LogP contribution < -0.4 is 5.73 Å². The van der Waals surface area contributed by atoms with E-state index in [-0.39, 0.29) is 0 Å². The monoisotopic (exact) mass is 225 g/mol. The highest BCUT2D eigenvalue weighted by Crippen LogP contribution is 2.23. The van der Waals surface area contributed by atoms with Crippen LogP contribution in [0.3, 0.4) is 0 Å². The number of aryl methyl sites for hydroxylation is 1. The van der Waals surface area contributed by atoms with Crippen LogP contribution in [-0.2, 0) is 0 Å². The topological polar surface area (TPSA) is 69.1 Å². The van der Waals surface area contributed by atoms with Gasteiger partial charge < -0.3 is 5.73 Å². The van der Waals surface area contributed by atoms with Crippen molar-refractivity contribution in [2.75, 3.05) is 5.73 Å². The summed E-state index contributed by atoms with van der Waals surface area (Å²) < 4.78 is 1.71. The summed E-state index contributed by atoms with van der Waals surface area (Å²) in [5.41, 5.74) is 9.08. The van der Waals surface area contributed by atoms with E-state index in [1.807, 2.05) is 43.3 Å². The highest BCUT2D eigenvalue weighted by Gasteiger charge is 2.11. The molecule has 5 heteroatoms. The summed E-state index contributed by atoms with van der Waals surface area (Å²) >= 11 is 0. The Bertz CT molecular complexity index is 686. The van der Waals surface area contributed by atoms with Gasteiger partial charge in [-0.25, -0.2) is 0 Å². The van der Waals surface area contributed by atoms with Crippen LogP contribution in [0.4, 0.5) is 5.69 Å². The number of aromatic nitrogens is 4. The molecule has 0 saturated heterocycles. The lowest BCUT2D eigenvalue weighted by Gasteiger charge is -2.02. The summed E-state index contributed by atoms with van der Waals surface area (Å²) in [4.78, 5) is 0. The lowest BCUT2D eigenvalue weighted by molar-refractivity contribution is 0.902. The van der Waals surface area contributed by atoms with E-state index in [0.29, 0.717) is 17.2 Å². The molecule has 0 spiro atoms. The highest BCUT2D eigenvalue weighted by atomic mass is 15.4. The van der Waals surface area contributed by atoms with Gasteiger partial charge >= 0.3 is 0 Å². The first-order chi connectivity index (χ1) is 8.25. The van der Waals surface area contributed by atoms with Gasteiger partial charge in [0, 0.05) is 11.3 Å². The van der Waals surface area contributed by atoms with Crippen molar-refractivity contribution in [3.8, 4) is 11.4 Å². The van der Waals surface area contributed by atoms with Crippen molar-refractivity contribution < 1.29 is 0 Å². The Morgan fingerprint density at radius 2 is 1.88 bits per heavy atom. The third-order valence-corrected chi connectivity index (χ3v) is 2.60. The van der Waals surface area contributed by atoms with Crippen molar-refractivity contribution in [3.63, 3.8) is 0 Å². The zero-order valence-corrected chi connectivity index (χ0v) is 9.33. The molecule has 3 rings (SSSR count). The SMILES string of the molecule is Cc1ccc2nnc(-c3ccccc3N)n2n1. The van der Waals surface area contributed by atoms with E-state index in [0.717, 1.165) is 11.3 Å². The van der Waals surface area contributed by atoms with Crippen LogP contribution in [0, 0.1) is 6.92 Å². The second-order valence-corrected chi connectivity index (χ2v) is 3.86. The first kappa shape index (κ1) is 9.77. The minimum atomic E-state index is 0.668. The van der Waals surface area contributed by atoms with Crippen LogP contribution in [-0.4, -0.2) is 19.8 Å². The van der Waals surface area contributed by atoms with Crippen molar-refractivity contribution in [2.24, 2.45) is 0 Å². The van der Waals surface area contributed by atoms with E-state index in [2.05, 4.69) is 15.3 Å². The predicted octanol–water partition coefficient (Wildman–Crippen LogP) is 1.68. The molecule has 0 saturated carbocycles. The lowest BCUT2D eigenvalue weighted by atomic mass is 10.2. The van der Waals surface area contributed by atoms with Crippen LogP contribution in [0.1, 0.15) is 5.69 Å². The molecule has 0 amide bonds. The van der Waals surface area contributed by atoms with Gasteiger partial charge in [-0.05, 0) is 31.2 Å². The van der Waals surface area contributed by atoms with Crippen LogP contribution in [0.25, 0.3) is 17.0 Å². The quantitative estimate of drug-likeness (QED) is 0.640. The van der Waals surface area contributed by atoms with Crippen molar-refractivity contribution in [2.45, 2.75) is 6.92 Å². The highest BCUT2D eigenvalue weighted by molar-refractivity contribution is 5.72. The van der Waals surface area contributed by atoms with Crippen LogP contribution in [0.5, 0.6) is 0 Å². The number of hydrogen-bond acceptors (Lipinski definition) is 4. The zero-order chi connectivity index (χ0) is 11.8. The molecular weight excluding hydrogens is 214 g/mol. The number of nitrogens with two attached hydrogens (primary N) is 1. The number of fused-ring (bicyclic) bond motifs is 1. The van der Waals surface area contributed by atoms with Gasteiger partial charge in [-0.2, -0.15) is 9.61 Å². The summed E-state index contributed by atoms with van der Waals surface area (Å²) in [6.07, 6.45) is 0. The summed E-state index contributed by atoms with van der Waals surface area (Å²) in [6, 6.07) is 11.4. The number of nitrogens with zero attached hydrogens (tertiary/aromatic N) is 4. The third-order valence-electron chi connectivity index (χ3n) is 2.60. The molecule has 2 aromatic heterocycles. The number of nitrogen functional groups attached to an aromatic ring is 1. The van der Waals surface area contributed by atoms with Crippen molar-refractivity contribution >= 4 is 11.3 Å². The van der Waals surface area contributed by atoms with E-state index in [1.54, 1.807) is 4.52 Å². The standard InChI is InChI=1S/C12H11N5/c1-8-6-7-11-14-15-12(17(11)16-8)9-4-2-3-5-10(9)13/h2-7H,13H2,1H3. The molecule has 2 N–H and O–H groups in total. The maximum Gasteiger partial charge on any atom is 0.187 e. The summed E-state index contributed by atoms with van der Waals surface area (Å²) in [5, 5.41) is 12.6. The molecule has 5 nitrogen and oxygen atoms in total. The van der Waals surface area contributed by atoms with Crippen molar-refractivity contribution in [3.05, 3.63) is 42.1 Å². The smallest absolute Gasteiger partial charge is 0.187 e. The van der Waals surface area contributed by atoms with Gasteiger partial charge in [0.05, 0.1) is 5.69 Å². The third kappa shape index (κ3) is 1.52. The largest absolute Gasteiger partial charge is 0.398 e. The fourth-order valence-electron chi connectivity index (χ4n) is 1.75. The van der Waals surface area contributed by atoms with Crippen LogP contribution >= 0.6 is 0 Å². The Labute approximate surface area is 97.9 Å². The predicted molar refractivity (Wildman–Crippen MR) is 65.4 cm³/mol. The fraction of sp³-hybridized carbons (Fsp3) is 0.0833. The van der Waals surface area contributed by atoms with Gasteiger partial charge in [0.25, 0.3) is 0 Å². The molecular formula is C12H11N5. The molecule has 17 heavy (non-hydrogen) atoms. The summed E-state index contributed by atoms with van der Waals surface area (Å²) in [7, 11) is 0. The molecule has 84 valence electrons. The molecule has 0 unspecified atom stereocenters. The molecule has 0 aliphatic heterocycles. The maximum absolute atomic E-state index is 5.93. The maximum atomic E-state index is 5.93.